The molecule has 0 saturated carbocycles. The average molecular weight is 275 g/mol. The summed E-state index contributed by atoms with van der Waals surface area (Å²) in [6.07, 6.45) is 5.86. The number of hydrogen-bond donors (Lipinski definition) is 0. The number of nitrogens with zero attached hydrogens (tertiary/aromatic N) is 2. The van der Waals surface area contributed by atoms with Crippen LogP contribution in [0.15, 0.2) is 39.8 Å². The van der Waals surface area contributed by atoms with E-state index in [0.717, 1.165) is 16.7 Å². The molecular formula is C13H11BrN2. The van der Waals surface area contributed by atoms with Gasteiger partial charge < -0.3 is 4.90 Å². The van der Waals surface area contributed by atoms with Crippen molar-refractivity contribution in [3.63, 3.8) is 0 Å². The van der Waals surface area contributed by atoms with Crippen molar-refractivity contribution in [2.24, 2.45) is 10.9 Å². The van der Waals surface area contributed by atoms with Crippen LogP contribution in [0.25, 0.3) is 0 Å². The molecule has 0 radical (unpaired) electrons. The van der Waals surface area contributed by atoms with Crippen LogP contribution in [0.4, 0.5) is 5.69 Å². The quantitative estimate of drug-likeness (QED) is 0.663. The Balaban J connectivity index is 1.91. The van der Waals surface area contributed by atoms with E-state index in [9.17, 15) is 0 Å². The van der Waals surface area contributed by atoms with Gasteiger partial charge in [-0.2, -0.15) is 0 Å². The summed E-state index contributed by atoms with van der Waals surface area (Å²) in [6.45, 7) is 1.01. The highest BCUT2D eigenvalue weighted by Gasteiger charge is 2.41. The van der Waals surface area contributed by atoms with E-state index in [1.165, 1.54) is 17.8 Å². The third kappa shape index (κ3) is 1.04. The van der Waals surface area contributed by atoms with Crippen LogP contribution in [0.2, 0.25) is 0 Å². The first-order valence-corrected chi connectivity index (χ1v) is 6.43. The number of fused-ring (bicyclic) bond motifs is 6. The molecule has 4 rings (SSSR count). The Morgan fingerprint density at radius 1 is 1.31 bits per heavy atom. The minimum absolute atomic E-state index is 0.560. The molecule has 2 unspecified atom stereocenters. The zero-order chi connectivity index (χ0) is 10.7. The molecule has 1 aromatic rings. The lowest BCUT2D eigenvalue weighted by Crippen LogP contribution is -2.36. The Labute approximate surface area is 103 Å². The first-order chi connectivity index (χ1) is 7.83. The number of para-hydroxylation sites is 1. The van der Waals surface area contributed by atoms with E-state index in [-0.39, 0.29) is 0 Å². The molecule has 1 fully saturated rings. The van der Waals surface area contributed by atoms with Crippen LogP contribution in [-0.4, -0.2) is 16.8 Å². The van der Waals surface area contributed by atoms with E-state index in [2.05, 4.69) is 51.2 Å². The molecule has 1 aliphatic carbocycles. The number of aliphatic imine (C=N–C) groups is 1. The summed E-state index contributed by atoms with van der Waals surface area (Å²) in [5.41, 5.74) is 2.47. The molecule has 3 aliphatic rings. The van der Waals surface area contributed by atoms with E-state index in [1.807, 2.05) is 0 Å². The maximum Gasteiger partial charge on any atom is 0.113 e. The predicted molar refractivity (Wildman–Crippen MR) is 67.8 cm³/mol. The van der Waals surface area contributed by atoms with E-state index in [0.29, 0.717) is 12.0 Å². The van der Waals surface area contributed by atoms with E-state index in [4.69, 9.17) is 4.99 Å². The Kier molecular flexibility index (Phi) is 1.67. The molecule has 16 heavy (non-hydrogen) atoms. The highest BCUT2D eigenvalue weighted by atomic mass is 79.9. The van der Waals surface area contributed by atoms with Gasteiger partial charge in [0.2, 0.25) is 0 Å². The fourth-order valence-electron chi connectivity index (χ4n) is 2.94. The molecule has 0 amide bonds. The summed E-state index contributed by atoms with van der Waals surface area (Å²) in [6, 6.07) is 6.93. The molecule has 2 bridgehead atoms. The molecule has 80 valence electrons. The summed E-state index contributed by atoms with van der Waals surface area (Å²) in [5, 5.41) is 0. The minimum atomic E-state index is 0.560. The number of amidine groups is 1. The normalized spacial score (nSPS) is 29.1. The van der Waals surface area contributed by atoms with Crippen LogP contribution < -0.4 is 0 Å². The van der Waals surface area contributed by atoms with Crippen molar-refractivity contribution in [3.05, 3.63) is 40.4 Å². The summed E-state index contributed by atoms with van der Waals surface area (Å²) < 4.78 is 1.11. The van der Waals surface area contributed by atoms with E-state index >= 15 is 0 Å². The van der Waals surface area contributed by atoms with Gasteiger partial charge >= 0.3 is 0 Å². The Morgan fingerprint density at radius 3 is 3.19 bits per heavy atom. The molecule has 0 N–H and O–H groups in total. The third-order valence-electron chi connectivity index (χ3n) is 3.72. The highest BCUT2D eigenvalue weighted by molar-refractivity contribution is 9.10. The molecule has 0 spiro atoms. The van der Waals surface area contributed by atoms with Crippen molar-refractivity contribution in [1.82, 2.24) is 4.90 Å². The fourth-order valence-corrected chi connectivity index (χ4v) is 3.44. The molecule has 1 aromatic carbocycles. The van der Waals surface area contributed by atoms with Gasteiger partial charge in [0.25, 0.3) is 0 Å². The highest BCUT2D eigenvalue weighted by Crippen LogP contribution is 2.42. The van der Waals surface area contributed by atoms with Crippen molar-refractivity contribution in [2.45, 2.75) is 19.0 Å². The number of hydrogen-bond acceptors (Lipinski definition) is 2. The summed E-state index contributed by atoms with van der Waals surface area (Å²) >= 11 is 3.59. The maximum absolute atomic E-state index is 4.83. The van der Waals surface area contributed by atoms with Crippen molar-refractivity contribution < 1.29 is 0 Å². The Morgan fingerprint density at radius 2 is 2.25 bits per heavy atom. The molecule has 2 atom stereocenters. The SMILES string of the molecule is Brc1cccc2c1N=C1C3C=CC(C3)N1C2. The largest absolute Gasteiger partial charge is 0.349 e. The first-order valence-electron chi connectivity index (χ1n) is 5.64. The molecule has 1 saturated heterocycles. The smallest absolute Gasteiger partial charge is 0.113 e. The fraction of sp³-hybridized carbons (Fsp3) is 0.308. The van der Waals surface area contributed by atoms with E-state index < -0.39 is 0 Å². The van der Waals surface area contributed by atoms with Gasteiger partial charge in [-0.25, -0.2) is 4.99 Å². The van der Waals surface area contributed by atoms with Crippen molar-refractivity contribution >= 4 is 27.5 Å². The van der Waals surface area contributed by atoms with Crippen LogP contribution in [0.5, 0.6) is 0 Å². The monoisotopic (exact) mass is 274 g/mol. The standard InChI is InChI=1S/C13H11BrN2/c14-11-3-1-2-9-7-16-10-5-4-8(6-10)13(16)15-12(9)11/h1-5,8,10H,6-7H2. The lowest BCUT2D eigenvalue weighted by molar-refractivity contribution is 0.377. The molecule has 2 aliphatic heterocycles. The second-order valence-electron chi connectivity index (χ2n) is 4.64. The second-order valence-corrected chi connectivity index (χ2v) is 5.49. The minimum Gasteiger partial charge on any atom is -0.349 e. The topological polar surface area (TPSA) is 15.6 Å². The van der Waals surface area contributed by atoms with Gasteiger partial charge in [-0.1, -0.05) is 24.3 Å². The zero-order valence-corrected chi connectivity index (χ0v) is 10.3. The number of halogens is 1. The average Bonchev–Trinajstić information content (AvgIpc) is 2.88. The van der Waals surface area contributed by atoms with Crippen molar-refractivity contribution in [2.75, 3.05) is 0 Å². The van der Waals surface area contributed by atoms with Gasteiger partial charge in [-0.3, -0.25) is 0 Å². The first kappa shape index (κ1) is 8.99. The van der Waals surface area contributed by atoms with Crippen LogP contribution in [0, 0.1) is 5.92 Å². The molecule has 0 aromatic heterocycles. The summed E-state index contributed by atoms with van der Waals surface area (Å²) in [7, 11) is 0. The van der Waals surface area contributed by atoms with Gasteiger partial charge in [0.15, 0.2) is 0 Å². The van der Waals surface area contributed by atoms with Crippen molar-refractivity contribution in [1.29, 1.82) is 0 Å². The molecule has 3 heteroatoms. The van der Waals surface area contributed by atoms with Gasteiger partial charge in [-0.05, 0) is 34.0 Å². The number of benzene rings is 1. The van der Waals surface area contributed by atoms with Crippen LogP contribution in [-0.2, 0) is 6.54 Å². The van der Waals surface area contributed by atoms with Crippen molar-refractivity contribution in [3.8, 4) is 0 Å². The second kappa shape index (κ2) is 2.98. The Bertz CT molecular complexity index is 533. The summed E-state index contributed by atoms with van der Waals surface area (Å²) in [5.74, 6) is 1.83. The molecule has 2 nitrogen and oxygen atoms in total. The zero-order valence-electron chi connectivity index (χ0n) is 8.73. The lowest BCUT2D eigenvalue weighted by atomic mass is 10.1. The third-order valence-corrected chi connectivity index (χ3v) is 4.36. The maximum atomic E-state index is 4.83. The van der Waals surface area contributed by atoms with Crippen LogP contribution >= 0.6 is 15.9 Å². The Hall–Kier alpha value is -1.09. The van der Waals surface area contributed by atoms with Gasteiger partial charge in [0.1, 0.15) is 5.84 Å². The van der Waals surface area contributed by atoms with Crippen LogP contribution in [0.3, 0.4) is 0 Å². The van der Waals surface area contributed by atoms with Gasteiger partial charge in [0, 0.05) is 23.0 Å². The van der Waals surface area contributed by atoms with Gasteiger partial charge in [-0.15, -0.1) is 0 Å². The molecular weight excluding hydrogens is 264 g/mol. The number of rotatable bonds is 0. The summed E-state index contributed by atoms with van der Waals surface area (Å²) in [4.78, 5) is 7.28. The van der Waals surface area contributed by atoms with Gasteiger partial charge in [0.05, 0.1) is 5.69 Å². The van der Waals surface area contributed by atoms with Crippen LogP contribution in [0.1, 0.15) is 12.0 Å². The lowest BCUT2D eigenvalue weighted by Gasteiger charge is -2.31. The predicted octanol–water partition coefficient (Wildman–Crippen LogP) is 3.25. The van der Waals surface area contributed by atoms with E-state index in [1.54, 1.807) is 0 Å². The molecule has 2 heterocycles.